The molecule has 0 aliphatic carbocycles. The van der Waals surface area contributed by atoms with Crippen LogP contribution in [0.4, 0.5) is 0 Å². The van der Waals surface area contributed by atoms with Gasteiger partial charge < -0.3 is 20.3 Å². The van der Waals surface area contributed by atoms with Gasteiger partial charge in [-0.25, -0.2) is 0 Å². The lowest BCUT2D eigenvalue weighted by molar-refractivity contribution is -0.0466. The van der Waals surface area contributed by atoms with E-state index in [1.165, 1.54) is 6.21 Å². The van der Waals surface area contributed by atoms with Gasteiger partial charge in [-0.1, -0.05) is 6.08 Å². The highest BCUT2D eigenvalue weighted by atomic mass is 16.3. The van der Waals surface area contributed by atoms with Gasteiger partial charge in [0.25, 0.3) is 0 Å². The Bertz CT molecular complexity index is 378. The third-order valence-electron chi connectivity index (χ3n) is 4.46. The zero-order valence-electron chi connectivity index (χ0n) is 13.0. The average molecular weight is 292 g/mol. The highest BCUT2D eigenvalue weighted by molar-refractivity contribution is 5.68. The minimum absolute atomic E-state index is 0.489. The summed E-state index contributed by atoms with van der Waals surface area (Å²) in [5.74, 6) is 0. The zero-order valence-corrected chi connectivity index (χ0v) is 13.0. The summed E-state index contributed by atoms with van der Waals surface area (Å²) in [6.45, 7) is 6.84. The van der Waals surface area contributed by atoms with Gasteiger partial charge in [0.05, 0.1) is 5.60 Å². The first-order chi connectivity index (χ1) is 10.1. The number of likely N-dealkylation sites (tertiary alicyclic amines) is 1. The van der Waals surface area contributed by atoms with Gasteiger partial charge in [-0.2, -0.15) is 0 Å². The Morgan fingerprint density at radius 1 is 1.00 bits per heavy atom. The minimum Gasteiger partial charge on any atom is -0.388 e. The molecule has 0 amide bonds. The van der Waals surface area contributed by atoms with Crippen LogP contribution in [0.15, 0.2) is 24.4 Å². The van der Waals surface area contributed by atoms with E-state index in [1.54, 1.807) is 6.08 Å². The van der Waals surface area contributed by atoms with Crippen LogP contribution >= 0.6 is 0 Å². The van der Waals surface area contributed by atoms with Gasteiger partial charge in [0.1, 0.15) is 0 Å². The summed E-state index contributed by atoms with van der Waals surface area (Å²) < 4.78 is 0. The summed E-state index contributed by atoms with van der Waals surface area (Å²) in [7, 11) is 2.12. The molecule has 0 bridgehead atoms. The molecule has 0 spiro atoms. The number of nitrogens with one attached hydrogen (secondary N) is 1. The van der Waals surface area contributed by atoms with Gasteiger partial charge in [-0.05, 0) is 38.2 Å². The molecule has 5 nitrogen and oxygen atoms in total. The largest absolute Gasteiger partial charge is 0.388 e. The highest BCUT2D eigenvalue weighted by Crippen LogP contribution is 2.23. The third kappa shape index (κ3) is 5.26. The molecular formula is C16H28N4O. The van der Waals surface area contributed by atoms with E-state index in [-0.39, 0.29) is 0 Å². The fourth-order valence-electron chi connectivity index (χ4n) is 2.97. The van der Waals surface area contributed by atoms with Crippen molar-refractivity contribution in [1.29, 1.82) is 5.41 Å². The second kappa shape index (κ2) is 7.73. The van der Waals surface area contributed by atoms with Crippen LogP contribution in [-0.2, 0) is 0 Å². The molecule has 2 heterocycles. The number of nitrogens with zero attached hydrogens (tertiary/aromatic N) is 3. The van der Waals surface area contributed by atoms with E-state index in [4.69, 9.17) is 5.41 Å². The van der Waals surface area contributed by atoms with E-state index >= 15 is 0 Å². The quantitative estimate of drug-likeness (QED) is 0.581. The Hall–Kier alpha value is -1.17. The fourth-order valence-corrected chi connectivity index (χ4v) is 2.97. The van der Waals surface area contributed by atoms with Crippen LogP contribution in [-0.4, -0.2) is 84.5 Å². The number of allylic oxidation sites excluding steroid dienone is 3. The molecule has 0 aromatic heterocycles. The van der Waals surface area contributed by atoms with Crippen LogP contribution in [0.5, 0.6) is 0 Å². The molecule has 0 aromatic carbocycles. The van der Waals surface area contributed by atoms with Gasteiger partial charge >= 0.3 is 0 Å². The molecule has 0 unspecified atom stereocenters. The Balaban J connectivity index is 1.72. The first-order valence-corrected chi connectivity index (χ1v) is 7.83. The molecule has 0 saturated carbocycles. The van der Waals surface area contributed by atoms with Crippen LogP contribution in [0, 0.1) is 5.41 Å². The molecule has 0 atom stereocenters. The van der Waals surface area contributed by atoms with Gasteiger partial charge in [0, 0.05) is 52.0 Å². The molecule has 2 rings (SSSR count). The maximum atomic E-state index is 10.7. The molecule has 2 fully saturated rings. The summed E-state index contributed by atoms with van der Waals surface area (Å²) in [6.07, 6.45) is 10.7. The van der Waals surface area contributed by atoms with Crippen molar-refractivity contribution in [3.8, 4) is 0 Å². The number of hydrogen-bond acceptors (Lipinski definition) is 5. The summed E-state index contributed by atoms with van der Waals surface area (Å²) in [5.41, 5.74) is -0.489. The van der Waals surface area contributed by atoms with Crippen molar-refractivity contribution < 1.29 is 5.11 Å². The molecule has 5 heteroatoms. The summed E-state index contributed by atoms with van der Waals surface area (Å²) >= 11 is 0. The van der Waals surface area contributed by atoms with E-state index < -0.39 is 5.60 Å². The second-order valence-corrected chi connectivity index (χ2v) is 6.23. The first kappa shape index (κ1) is 16.2. The average Bonchev–Trinajstić information content (AvgIpc) is 2.49. The van der Waals surface area contributed by atoms with Crippen LogP contribution in [0.1, 0.15) is 12.8 Å². The highest BCUT2D eigenvalue weighted by Gasteiger charge is 2.33. The molecule has 2 N–H and O–H groups in total. The summed E-state index contributed by atoms with van der Waals surface area (Å²) in [6, 6.07) is 0. The second-order valence-electron chi connectivity index (χ2n) is 6.23. The van der Waals surface area contributed by atoms with E-state index in [9.17, 15) is 5.11 Å². The smallest absolute Gasteiger partial charge is 0.0798 e. The Labute approximate surface area is 128 Å². The summed E-state index contributed by atoms with van der Waals surface area (Å²) in [5, 5.41) is 17.6. The molecule has 2 aliphatic rings. The predicted molar refractivity (Wildman–Crippen MR) is 86.8 cm³/mol. The van der Waals surface area contributed by atoms with Gasteiger partial charge in [0.2, 0.25) is 0 Å². The predicted octanol–water partition coefficient (Wildman–Crippen LogP) is 0.780. The van der Waals surface area contributed by atoms with Gasteiger partial charge in [-0.15, -0.1) is 0 Å². The van der Waals surface area contributed by atoms with Crippen molar-refractivity contribution >= 4 is 6.21 Å². The molecular weight excluding hydrogens is 264 g/mol. The van der Waals surface area contributed by atoms with Crippen LogP contribution < -0.4 is 0 Å². The maximum Gasteiger partial charge on any atom is 0.0798 e. The van der Waals surface area contributed by atoms with Crippen molar-refractivity contribution in [2.75, 3.05) is 52.9 Å². The van der Waals surface area contributed by atoms with Crippen LogP contribution in [0.3, 0.4) is 0 Å². The maximum absolute atomic E-state index is 10.7. The number of piperazine rings is 1. The molecule has 0 radical (unpaired) electrons. The lowest BCUT2D eigenvalue weighted by Crippen LogP contribution is -2.54. The molecule has 2 aliphatic heterocycles. The van der Waals surface area contributed by atoms with Crippen molar-refractivity contribution in [2.45, 2.75) is 18.4 Å². The molecule has 2 saturated heterocycles. The number of piperidine rings is 1. The first-order valence-electron chi connectivity index (χ1n) is 7.83. The number of aliphatic hydroxyl groups is 1. The fraction of sp³-hybridized carbons (Fsp3) is 0.688. The SMILES string of the molecule is CN1CCC(O)(CN2CCN(/C=C/C=C\C=N)CC2)CC1. The normalized spacial score (nSPS) is 25.0. The lowest BCUT2D eigenvalue weighted by atomic mass is 9.91. The molecule has 0 aromatic rings. The Morgan fingerprint density at radius 2 is 1.67 bits per heavy atom. The topological polar surface area (TPSA) is 53.8 Å². The van der Waals surface area contributed by atoms with E-state index in [0.717, 1.165) is 58.7 Å². The number of hydrogen-bond donors (Lipinski definition) is 2. The van der Waals surface area contributed by atoms with Crippen LogP contribution in [0.2, 0.25) is 0 Å². The van der Waals surface area contributed by atoms with Gasteiger partial charge in [-0.3, -0.25) is 4.90 Å². The standard InChI is InChI=1S/C16H28N4O/c1-18-9-5-16(21,6-10-18)15-20-13-11-19(12-14-20)8-4-2-3-7-17/h2-4,7-8,17,21H,5-6,9-15H2,1H3/b3-2-,8-4+,17-7?. The van der Waals surface area contributed by atoms with Crippen molar-refractivity contribution in [2.24, 2.45) is 0 Å². The monoisotopic (exact) mass is 292 g/mol. The Kier molecular flexibility index (Phi) is 5.96. The minimum atomic E-state index is -0.489. The van der Waals surface area contributed by atoms with Crippen LogP contribution in [0.25, 0.3) is 0 Å². The lowest BCUT2D eigenvalue weighted by Gasteiger charge is -2.42. The zero-order chi connectivity index (χ0) is 15.1. The number of β-amino-alcohol motifs (C(OH)–C–C–N with tert-alkyl or cyclic N) is 1. The Morgan fingerprint density at radius 3 is 2.29 bits per heavy atom. The van der Waals surface area contributed by atoms with Gasteiger partial charge in [0.15, 0.2) is 0 Å². The van der Waals surface area contributed by atoms with E-state index in [2.05, 4.69) is 27.9 Å². The van der Waals surface area contributed by atoms with E-state index in [1.807, 2.05) is 12.2 Å². The molecule has 21 heavy (non-hydrogen) atoms. The van der Waals surface area contributed by atoms with E-state index in [0.29, 0.717) is 0 Å². The number of rotatable bonds is 5. The van der Waals surface area contributed by atoms with Crippen molar-refractivity contribution in [1.82, 2.24) is 14.7 Å². The third-order valence-corrected chi connectivity index (χ3v) is 4.46. The molecule has 118 valence electrons. The van der Waals surface area contributed by atoms with Crippen molar-refractivity contribution in [3.05, 3.63) is 24.4 Å². The van der Waals surface area contributed by atoms with Crippen molar-refractivity contribution in [3.63, 3.8) is 0 Å². The summed E-state index contributed by atoms with van der Waals surface area (Å²) in [4.78, 5) is 6.98.